The molecular weight excluding hydrogens is 228 g/mol. The van der Waals surface area contributed by atoms with Gasteiger partial charge >= 0.3 is 0 Å². The number of rotatable bonds is 3. The number of fused-ring (bicyclic) bond motifs is 1. The summed E-state index contributed by atoms with van der Waals surface area (Å²) < 4.78 is 1.88. The minimum absolute atomic E-state index is 0.514. The molecule has 3 rings (SSSR count). The van der Waals surface area contributed by atoms with E-state index >= 15 is 0 Å². The summed E-state index contributed by atoms with van der Waals surface area (Å²) in [6, 6.07) is 13.2. The molecule has 0 bridgehead atoms. The van der Waals surface area contributed by atoms with E-state index in [4.69, 9.17) is 0 Å². The average Bonchev–Trinajstić information content (AvgIpc) is 2.83. The van der Waals surface area contributed by atoms with E-state index in [2.05, 4.69) is 15.3 Å². The molecule has 88 valence electrons. The monoisotopic (exact) mass is 238 g/mol. The Balaban J connectivity index is 2.14. The molecule has 5 nitrogen and oxygen atoms in total. The highest BCUT2D eigenvalue weighted by atomic mass is 16.1. The quantitative estimate of drug-likeness (QED) is 0.710. The van der Waals surface area contributed by atoms with Crippen molar-refractivity contribution in [1.29, 1.82) is 0 Å². The summed E-state index contributed by atoms with van der Waals surface area (Å²) >= 11 is 0. The lowest BCUT2D eigenvalue weighted by molar-refractivity contribution is -0.105. The molecule has 2 heterocycles. The van der Waals surface area contributed by atoms with E-state index in [0.717, 1.165) is 16.9 Å². The van der Waals surface area contributed by atoms with E-state index in [-0.39, 0.29) is 0 Å². The predicted molar refractivity (Wildman–Crippen MR) is 68.6 cm³/mol. The molecule has 0 saturated carbocycles. The molecule has 0 fully saturated rings. The maximum Gasteiger partial charge on any atom is 0.212 e. The van der Waals surface area contributed by atoms with Crippen LogP contribution in [0.25, 0.3) is 16.9 Å². The second-order valence-electron chi connectivity index (χ2n) is 3.75. The van der Waals surface area contributed by atoms with Crippen molar-refractivity contribution in [2.75, 3.05) is 5.32 Å². The van der Waals surface area contributed by atoms with Crippen LogP contribution in [0.4, 0.5) is 5.82 Å². The van der Waals surface area contributed by atoms with Gasteiger partial charge < -0.3 is 5.32 Å². The molecule has 0 radical (unpaired) electrons. The highest BCUT2D eigenvalue weighted by Crippen LogP contribution is 2.17. The smallest absolute Gasteiger partial charge is 0.212 e. The van der Waals surface area contributed by atoms with Crippen LogP contribution in [0.3, 0.4) is 0 Å². The number of imidazole rings is 1. The topological polar surface area (TPSA) is 59.8 Å². The molecule has 18 heavy (non-hydrogen) atoms. The van der Waals surface area contributed by atoms with E-state index in [9.17, 15) is 4.79 Å². The van der Waals surface area contributed by atoms with Crippen LogP contribution in [-0.2, 0) is 4.79 Å². The number of pyridine rings is 1. The summed E-state index contributed by atoms with van der Waals surface area (Å²) in [5.74, 6) is 1.23. The van der Waals surface area contributed by atoms with Gasteiger partial charge in [-0.3, -0.25) is 9.36 Å². The van der Waals surface area contributed by atoms with Gasteiger partial charge in [0.25, 0.3) is 0 Å². The summed E-state index contributed by atoms with van der Waals surface area (Å²) in [6.45, 7) is 0. The fourth-order valence-electron chi connectivity index (χ4n) is 1.84. The number of carbonyl (C=O) groups is 1. The van der Waals surface area contributed by atoms with Crippen molar-refractivity contribution in [3.8, 4) is 5.82 Å². The summed E-state index contributed by atoms with van der Waals surface area (Å²) in [7, 11) is 0. The largest absolute Gasteiger partial charge is 0.313 e. The molecule has 0 spiro atoms. The van der Waals surface area contributed by atoms with E-state index in [1.54, 1.807) is 12.4 Å². The van der Waals surface area contributed by atoms with Crippen molar-refractivity contribution in [1.82, 2.24) is 14.5 Å². The van der Waals surface area contributed by atoms with Gasteiger partial charge in [0, 0.05) is 0 Å². The van der Waals surface area contributed by atoms with Gasteiger partial charge in [-0.1, -0.05) is 18.2 Å². The zero-order chi connectivity index (χ0) is 12.4. The highest BCUT2D eigenvalue weighted by Gasteiger charge is 2.05. The predicted octanol–water partition coefficient (Wildman–Crippen LogP) is 1.99. The van der Waals surface area contributed by atoms with Gasteiger partial charge in [-0.05, 0) is 24.3 Å². The minimum atomic E-state index is 0.514. The maximum atomic E-state index is 10.4. The lowest BCUT2D eigenvalue weighted by atomic mass is 10.3. The molecule has 0 saturated heterocycles. The van der Waals surface area contributed by atoms with Crippen LogP contribution >= 0.6 is 0 Å². The molecule has 1 N–H and O–H groups in total. The molecule has 0 atom stereocenters. The molecule has 3 aromatic rings. The third kappa shape index (κ3) is 1.71. The average molecular weight is 238 g/mol. The number of hydrogen-bond donors (Lipinski definition) is 1. The molecule has 0 unspecified atom stereocenters. The Hall–Kier alpha value is -2.69. The fourth-order valence-corrected chi connectivity index (χ4v) is 1.84. The van der Waals surface area contributed by atoms with Crippen molar-refractivity contribution in [2.24, 2.45) is 0 Å². The van der Waals surface area contributed by atoms with Crippen LogP contribution in [0.5, 0.6) is 0 Å². The third-order valence-electron chi connectivity index (χ3n) is 2.64. The lowest BCUT2D eigenvalue weighted by Gasteiger charge is -2.05. The van der Waals surface area contributed by atoms with Crippen LogP contribution < -0.4 is 5.32 Å². The maximum absolute atomic E-state index is 10.4. The van der Waals surface area contributed by atoms with Gasteiger partial charge in [-0.25, -0.2) is 9.97 Å². The lowest BCUT2D eigenvalue weighted by Crippen LogP contribution is -2.01. The second kappa shape index (κ2) is 4.29. The Kier molecular flexibility index (Phi) is 2.49. The highest BCUT2D eigenvalue weighted by molar-refractivity contribution is 5.77. The van der Waals surface area contributed by atoms with Gasteiger partial charge in [-0.2, -0.15) is 0 Å². The zero-order valence-corrected chi connectivity index (χ0v) is 9.45. The summed E-state index contributed by atoms with van der Waals surface area (Å²) in [4.78, 5) is 19.1. The standard InChI is InChI=1S/C13H10N4O/c18-9-15-12-6-3-7-13(16-12)17-8-14-10-4-1-2-5-11(10)17/h1-9H,(H,15,16,18). The van der Waals surface area contributed by atoms with Crippen LogP contribution in [0, 0.1) is 0 Å². The van der Waals surface area contributed by atoms with E-state index in [1.165, 1.54) is 0 Å². The number of aromatic nitrogens is 3. The summed E-state index contributed by atoms with van der Waals surface area (Å²) in [6.07, 6.45) is 2.33. The first-order chi connectivity index (χ1) is 8.88. The number of para-hydroxylation sites is 2. The van der Waals surface area contributed by atoms with Crippen LogP contribution in [0.15, 0.2) is 48.8 Å². The third-order valence-corrected chi connectivity index (χ3v) is 2.64. The van der Waals surface area contributed by atoms with Crippen molar-refractivity contribution in [3.63, 3.8) is 0 Å². The Morgan fingerprint density at radius 3 is 2.89 bits per heavy atom. The first-order valence-corrected chi connectivity index (χ1v) is 5.48. The van der Waals surface area contributed by atoms with Gasteiger partial charge in [0.2, 0.25) is 6.41 Å². The summed E-state index contributed by atoms with van der Waals surface area (Å²) in [5, 5.41) is 2.53. The van der Waals surface area contributed by atoms with E-state index in [1.807, 2.05) is 41.0 Å². The molecule has 2 aromatic heterocycles. The number of carbonyl (C=O) groups excluding carboxylic acids is 1. The molecule has 0 aliphatic heterocycles. The van der Waals surface area contributed by atoms with Crippen LogP contribution in [-0.4, -0.2) is 20.9 Å². The van der Waals surface area contributed by atoms with Crippen molar-refractivity contribution in [2.45, 2.75) is 0 Å². The van der Waals surface area contributed by atoms with Crippen LogP contribution in [0.1, 0.15) is 0 Å². The Labute approximate surface area is 103 Å². The number of anilines is 1. The summed E-state index contributed by atoms with van der Waals surface area (Å²) in [5.41, 5.74) is 1.89. The zero-order valence-electron chi connectivity index (χ0n) is 9.45. The molecule has 0 aliphatic carbocycles. The van der Waals surface area contributed by atoms with Gasteiger partial charge in [0.05, 0.1) is 11.0 Å². The first kappa shape index (κ1) is 10.5. The Morgan fingerprint density at radius 1 is 1.11 bits per heavy atom. The first-order valence-electron chi connectivity index (χ1n) is 5.48. The van der Waals surface area contributed by atoms with Gasteiger partial charge in [0.15, 0.2) is 0 Å². The Morgan fingerprint density at radius 2 is 2.00 bits per heavy atom. The molecule has 5 heteroatoms. The fraction of sp³-hybridized carbons (Fsp3) is 0. The molecule has 1 aromatic carbocycles. The van der Waals surface area contributed by atoms with Crippen molar-refractivity contribution < 1.29 is 4.79 Å². The number of hydrogen-bond acceptors (Lipinski definition) is 3. The van der Waals surface area contributed by atoms with Crippen LogP contribution in [0.2, 0.25) is 0 Å². The van der Waals surface area contributed by atoms with Crippen molar-refractivity contribution >= 4 is 23.3 Å². The Bertz CT molecular complexity index is 705. The van der Waals surface area contributed by atoms with E-state index < -0.39 is 0 Å². The minimum Gasteiger partial charge on any atom is -0.313 e. The normalized spacial score (nSPS) is 10.4. The number of benzene rings is 1. The number of nitrogens with zero attached hydrogens (tertiary/aromatic N) is 3. The molecule has 1 amide bonds. The SMILES string of the molecule is O=CNc1cccc(-n2cnc3ccccc32)n1. The van der Waals surface area contributed by atoms with E-state index in [0.29, 0.717) is 12.2 Å². The number of nitrogens with one attached hydrogen (secondary N) is 1. The van der Waals surface area contributed by atoms with Gasteiger partial charge in [0.1, 0.15) is 18.0 Å². The van der Waals surface area contributed by atoms with Crippen molar-refractivity contribution in [3.05, 3.63) is 48.8 Å². The number of amides is 1. The van der Waals surface area contributed by atoms with Gasteiger partial charge in [-0.15, -0.1) is 0 Å². The molecular formula is C13H10N4O. The molecule has 0 aliphatic rings. The second-order valence-corrected chi connectivity index (χ2v) is 3.75.